The number of H-pyrrole nitrogens is 1. The Kier molecular flexibility index (Phi) is 4.00. The summed E-state index contributed by atoms with van der Waals surface area (Å²) in [7, 11) is 0. The second-order valence-corrected chi connectivity index (χ2v) is 6.05. The predicted molar refractivity (Wildman–Crippen MR) is 92.4 cm³/mol. The average molecular weight is 324 g/mol. The number of benzene rings is 1. The number of nitrogens with two attached hydrogens (primary N) is 1. The first-order chi connectivity index (χ1) is 11.8. The molecule has 0 radical (unpaired) electrons. The highest BCUT2D eigenvalue weighted by Gasteiger charge is 2.29. The van der Waals surface area contributed by atoms with Gasteiger partial charge in [-0.05, 0) is 24.8 Å². The molecule has 2 atom stereocenters. The normalized spacial score (nSPS) is 20.5. The molecule has 0 bridgehead atoms. The third-order valence-corrected chi connectivity index (χ3v) is 4.39. The molecule has 0 saturated heterocycles. The number of fused-ring (bicyclic) bond motifs is 1. The quantitative estimate of drug-likeness (QED) is 0.666. The molecule has 1 saturated carbocycles. The van der Waals surface area contributed by atoms with Gasteiger partial charge in [-0.2, -0.15) is 9.97 Å². The number of hydrogen-bond acceptors (Lipinski definition) is 6. The summed E-state index contributed by atoms with van der Waals surface area (Å²) in [4.78, 5) is 15.8. The zero-order valence-electron chi connectivity index (χ0n) is 13.3. The van der Waals surface area contributed by atoms with Crippen LogP contribution in [0.1, 0.15) is 24.8 Å². The highest BCUT2D eigenvalue weighted by Crippen LogP contribution is 2.26. The Bertz CT molecular complexity index is 818. The van der Waals surface area contributed by atoms with E-state index in [9.17, 15) is 0 Å². The highest BCUT2D eigenvalue weighted by molar-refractivity contribution is 5.82. The fourth-order valence-electron chi connectivity index (χ4n) is 3.15. The van der Waals surface area contributed by atoms with Gasteiger partial charge in [0.2, 0.25) is 5.95 Å². The van der Waals surface area contributed by atoms with Crippen LogP contribution in [0.3, 0.4) is 0 Å². The van der Waals surface area contributed by atoms with Crippen molar-refractivity contribution in [2.45, 2.75) is 38.0 Å². The molecule has 2 aromatic heterocycles. The van der Waals surface area contributed by atoms with Crippen LogP contribution in [0.4, 0.5) is 11.8 Å². The lowest BCUT2D eigenvalue weighted by molar-refractivity contribution is 0.0393. The summed E-state index contributed by atoms with van der Waals surface area (Å²) < 4.78 is 6.11. The topological polar surface area (TPSA) is 102 Å². The Labute approximate surface area is 139 Å². The number of aromatic nitrogens is 4. The first kappa shape index (κ1) is 14.9. The molecule has 124 valence electrons. The van der Waals surface area contributed by atoms with E-state index in [0.717, 1.165) is 19.3 Å². The molecule has 3 aromatic rings. The number of aromatic amines is 1. The molecule has 1 aliphatic carbocycles. The molecule has 7 nitrogen and oxygen atoms in total. The van der Waals surface area contributed by atoms with Crippen molar-refractivity contribution in [1.29, 1.82) is 0 Å². The molecule has 24 heavy (non-hydrogen) atoms. The molecule has 7 heteroatoms. The average Bonchev–Trinajstić information content (AvgIpc) is 3.23. The van der Waals surface area contributed by atoms with Crippen molar-refractivity contribution in [3.05, 3.63) is 42.2 Å². The summed E-state index contributed by atoms with van der Waals surface area (Å²) in [5.41, 5.74) is 8.38. The van der Waals surface area contributed by atoms with Crippen LogP contribution in [0.5, 0.6) is 0 Å². The third kappa shape index (κ3) is 3.03. The van der Waals surface area contributed by atoms with Crippen molar-refractivity contribution in [2.24, 2.45) is 0 Å². The Morgan fingerprint density at radius 3 is 2.96 bits per heavy atom. The van der Waals surface area contributed by atoms with Crippen LogP contribution in [-0.4, -0.2) is 32.1 Å². The van der Waals surface area contributed by atoms with Gasteiger partial charge in [0.05, 0.1) is 25.1 Å². The maximum atomic E-state index is 6.11. The van der Waals surface area contributed by atoms with Crippen molar-refractivity contribution in [3.63, 3.8) is 0 Å². The number of nitrogen functional groups attached to an aromatic ring is 1. The summed E-state index contributed by atoms with van der Waals surface area (Å²) in [5, 5.41) is 3.37. The predicted octanol–water partition coefficient (Wildman–Crippen LogP) is 2.48. The summed E-state index contributed by atoms with van der Waals surface area (Å²) in [6.07, 6.45) is 4.90. The molecule has 0 amide bonds. The van der Waals surface area contributed by atoms with Gasteiger partial charge in [-0.1, -0.05) is 30.3 Å². The van der Waals surface area contributed by atoms with Crippen LogP contribution in [-0.2, 0) is 11.3 Å². The van der Waals surface area contributed by atoms with Gasteiger partial charge < -0.3 is 20.8 Å². The number of anilines is 2. The number of rotatable bonds is 5. The number of imidazole rings is 1. The Morgan fingerprint density at radius 2 is 2.08 bits per heavy atom. The van der Waals surface area contributed by atoms with E-state index in [1.165, 1.54) is 5.56 Å². The molecule has 0 spiro atoms. The van der Waals surface area contributed by atoms with E-state index in [2.05, 4.69) is 37.4 Å². The van der Waals surface area contributed by atoms with E-state index in [1.807, 2.05) is 18.2 Å². The SMILES string of the molecule is Nc1nc(N[C@H]2CCC[C@@H]2OCc2ccccc2)nc2nc[nH]c12. The van der Waals surface area contributed by atoms with Gasteiger partial charge >= 0.3 is 0 Å². The second-order valence-electron chi connectivity index (χ2n) is 6.05. The summed E-state index contributed by atoms with van der Waals surface area (Å²) in [6, 6.07) is 10.4. The number of ether oxygens (including phenoxy) is 1. The van der Waals surface area contributed by atoms with E-state index < -0.39 is 0 Å². The van der Waals surface area contributed by atoms with Crippen LogP contribution >= 0.6 is 0 Å². The van der Waals surface area contributed by atoms with E-state index in [-0.39, 0.29) is 12.1 Å². The van der Waals surface area contributed by atoms with Gasteiger partial charge in [0.1, 0.15) is 5.52 Å². The van der Waals surface area contributed by atoms with E-state index in [4.69, 9.17) is 10.5 Å². The van der Waals surface area contributed by atoms with Crippen LogP contribution < -0.4 is 11.1 Å². The van der Waals surface area contributed by atoms with Gasteiger partial charge in [0.15, 0.2) is 11.5 Å². The van der Waals surface area contributed by atoms with Gasteiger partial charge in [-0.3, -0.25) is 0 Å². The molecule has 0 aliphatic heterocycles. The Balaban J connectivity index is 1.44. The zero-order chi connectivity index (χ0) is 16.4. The van der Waals surface area contributed by atoms with Gasteiger partial charge in [-0.15, -0.1) is 0 Å². The number of nitrogens with one attached hydrogen (secondary N) is 2. The largest absolute Gasteiger partial charge is 0.382 e. The molecular formula is C17H20N6O. The summed E-state index contributed by atoms with van der Waals surface area (Å²) in [5.74, 6) is 0.909. The fourth-order valence-corrected chi connectivity index (χ4v) is 3.15. The van der Waals surface area contributed by atoms with Crippen molar-refractivity contribution in [1.82, 2.24) is 19.9 Å². The third-order valence-electron chi connectivity index (χ3n) is 4.39. The lowest BCUT2D eigenvalue weighted by atomic mass is 10.2. The molecule has 2 heterocycles. The number of hydrogen-bond donors (Lipinski definition) is 3. The van der Waals surface area contributed by atoms with E-state index >= 15 is 0 Å². The monoisotopic (exact) mass is 324 g/mol. The first-order valence-electron chi connectivity index (χ1n) is 8.18. The zero-order valence-corrected chi connectivity index (χ0v) is 13.3. The fraction of sp³-hybridized carbons (Fsp3) is 0.353. The van der Waals surface area contributed by atoms with Crippen LogP contribution in [0.15, 0.2) is 36.7 Å². The van der Waals surface area contributed by atoms with Crippen molar-refractivity contribution in [3.8, 4) is 0 Å². The Morgan fingerprint density at radius 1 is 1.21 bits per heavy atom. The van der Waals surface area contributed by atoms with Crippen molar-refractivity contribution in [2.75, 3.05) is 11.1 Å². The standard InChI is InChI=1S/C17H20N6O/c18-15-14-16(20-10-19-14)23-17(22-15)21-12-7-4-8-13(12)24-9-11-5-2-1-3-6-11/h1-3,5-6,10,12-13H,4,7-9H2,(H4,18,19,20,21,22,23)/t12-,13-/m0/s1. The molecule has 1 fully saturated rings. The van der Waals surface area contributed by atoms with Crippen LogP contribution in [0.2, 0.25) is 0 Å². The maximum absolute atomic E-state index is 6.11. The summed E-state index contributed by atoms with van der Waals surface area (Å²) >= 11 is 0. The van der Waals surface area contributed by atoms with E-state index in [1.54, 1.807) is 6.33 Å². The van der Waals surface area contributed by atoms with Gasteiger partial charge in [0, 0.05) is 0 Å². The Hall–Kier alpha value is -2.67. The smallest absolute Gasteiger partial charge is 0.227 e. The van der Waals surface area contributed by atoms with Crippen LogP contribution in [0.25, 0.3) is 11.2 Å². The van der Waals surface area contributed by atoms with Crippen molar-refractivity contribution < 1.29 is 4.74 Å². The minimum absolute atomic E-state index is 0.143. The molecular weight excluding hydrogens is 304 g/mol. The second kappa shape index (κ2) is 6.45. The van der Waals surface area contributed by atoms with Gasteiger partial charge in [0.25, 0.3) is 0 Å². The lowest BCUT2D eigenvalue weighted by Crippen LogP contribution is -2.31. The van der Waals surface area contributed by atoms with E-state index in [0.29, 0.717) is 29.5 Å². The minimum Gasteiger partial charge on any atom is -0.382 e. The maximum Gasteiger partial charge on any atom is 0.227 e. The minimum atomic E-state index is 0.143. The van der Waals surface area contributed by atoms with Gasteiger partial charge in [-0.25, -0.2) is 4.98 Å². The highest BCUT2D eigenvalue weighted by atomic mass is 16.5. The molecule has 1 aliphatic rings. The summed E-state index contributed by atoms with van der Waals surface area (Å²) in [6.45, 7) is 0.616. The van der Waals surface area contributed by atoms with Crippen molar-refractivity contribution >= 4 is 22.9 Å². The number of nitrogens with zero attached hydrogens (tertiary/aromatic N) is 3. The molecule has 1 aromatic carbocycles. The first-order valence-corrected chi connectivity index (χ1v) is 8.18. The molecule has 0 unspecified atom stereocenters. The lowest BCUT2D eigenvalue weighted by Gasteiger charge is -2.21. The molecule has 4 rings (SSSR count). The molecule has 4 N–H and O–H groups in total. The van der Waals surface area contributed by atoms with Crippen LogP contribution in [0, 0.1) is 0 Å².